The Morgan fingerprint density at radius 2 is 2.33 bits per heavy atom. The lowest BCUT2D eigenvalue weighted by Gasteiger charge is -2.15. The smallest absolute Gasteiger partial charge is 0.323 e. The van der Waals surface area contributed by atoms with Crippen molar-refractivity contribution in [2.75, 3.05) is 18.5 Å². The number of nitrogens with one attached hydrogen (secondary N) is 1. The molecule has 0 radical (unpaired) electrons. The van der Waals surface area contributed by atoms with E-state index in [1.165, 1.54) is 11.0 Å². The third kappa shape index (κ3) is 3.08. The lowest BCUT2D eigenvalue weighted by Crippen LogP contribution is -2.28. The standard InChI is InChI=1S/C9H13N3O3/c1-3-6-10-7(4-8(13)11-6)12(2)5-9(14)15/h4H,3,5H2,1-2H3,(H,14,15)(H,10,11,13). The molecule has 0 saturated heterocycles. The van der Waals surface area contributed by atoms with Gasteiger partial charge in [0.1, 0.15) is 18.2 Å². The van der Waals surface area contributed by atoms with E-state index in [1.807, 2.05) is 6.92 Å². The number of aromatic amines is 1. The Balaban J connectivity index is 2.98. The molecule has 0 amide bonds. The van der Waals surface area contributed by atoms with Crippen molar-refractivity contribution in [3.63, 3.8) is 0 Å². The topological polar surface area (TPSA) is 86.3 Å². The number of carboxylic acids is 1. The average molecular weight is 211 g/mol. The molecule has 0 bridgehead atoms. The van der Waals surface area contributed by atoms with E-state index in [-0.39, 0.29) is 12.1 Å². The molecule has 0 aliphatic carbocycles. The molecular formula is C9H13N3O3. The second-order valence-electron chi connectivity index (χ2n) is 3.15. The van der Waals surface area contributed by atoms with Gasteiger partial charge in [0.2, 0.25) is 0 Å². The third-order valence-corrected chi connectivity index (χ3v) is 1.88. The monoisotopic (exact) mass is 211 g/mol. The van der Waals surface area contributed by atoms with Crippen LogP contribution in [0.5, 0.6) is 0 Å². The fourth-order valence-corrected chi connectivity index (χ4v) is 1.14. The molecule has 0 aliphatic heterocycles. The van der Waals surface area contributed by atoms with Gasteiger partial charge in [-0.2, -0.15) is 0 Å². The molecule has 0 unspecified atom stereocenters. The molecule has 6 heteroatoms. The normalized spacial score (nSPS) is 10.0. The van der Waals surface area contributed by atoms with Crippen LogP contribution in [0.1, 0.15) is 12.7 Å². The first-order valence-corrected chi connectivity index (χ1v) is 4.56. The Morgan fingerprint density at radius 1 is 1.67 bits per heavy atom. The number of anilines is 1. The molecule has 0 atom stereocenters. The number of aliphatic carboxylic acids is 1. The Hall–Kier alpha value is -1.85. The van der Waals surface area contributed by atoms with Crippen LogP contribution in [-0.4, -0.2) is 34.6 Å². The Morgan fingerprint density at radius 3 is 2.87 bits per heavy atom. The Bertz CT molecular complexity index is 413. The zero-order valence-corrected chi connectivity index (χ0v) is 8.65. The molecule has 0 spiro atoms. The van der Waals surface area contributed by atoms with Crippen LogP contribution in [0, 0.1) is 0 Å². The van der Waals surface area contributed by atoms with Crippen molar-refractivity contribution in [2.24, 2.45) is 0 Å². The summed E-state index contributed by atoms with van der Waals surface area (Å²) in [5, 5.41) is 8.59. The molecule has 0 saturated carbocycles. The van der Waals surface area contributed by atoms with Gasteiger partial charge < -0.3 is 15.0 Å². The predicted molar refractivity (Wildman–Crippen MR) is 55.1 cm³/mol. The molecule has 82 valence electrons. The minimum absolute atomic E-state index is 0.181. The zero-order chi connectivity index (χ0) is 11.4. The fourth-order valence-electron chi connectivity index (χ4n) is 1.14. The van der Waals surface area contributed by atoms with Crippen LogP contribution >= 0.6 is 0 Å². The van der Waals surface area contributed by atoms with Crippen molar-refractivity contribution in [3.8, 4) is 0 Å². The first-order chi connectivity index (χ1) is 7.02. The molecule has 6 nitrogen and oxygen atoms in total. The van der Waals surface area contributed by atoms with E-state index in [9.17, 15) is 9.59 Å². The van der Waals surface area contributed by atoms with E-state index in [2.05, 4.69) is 9.97 Å². The van der Waals surface area contributed by atoms with Crippen LogP contribution in [0.15, 0.2) is 10.9 Å². The SMILES string of the molecule is CCc1nc(N(C)CC(=O)O)cc(=O)[nH]1. The number of hydrogen-bond donors (Lipinski definition) is 2. The number of likely N-dealkylation sites (N-methyl/N-ethyl adjacent to an activating group) is 1. The number of H-pyrrole nitrogens is 1. The number of nitrogens with zero attached hydrogens (tertiary/aromatic N) is 2. The molecular weight excluding hydrogens is 198 g/mol. The average Bonchev–Trinajstić information content (AvgIpc) is 2.15. The predicted octanol–water partition coefficient (Wildman–Crippen LogP) is -0.147. The van der Waals surface area contributed by atoms with Gasteiger partial charge >= 0.3 is 5.97 Å². The van der Waals surface area contributed by atoms with Crippen LogP contribution in [0.25, 0.3) is 0 Å². The summed E-state index contributed by atoms with van der Waals surface area (Å²) in [7, 11) is 1.58. The maximum absolute atomic E-state index is 11.2. The maximum atomic E-state index is 11.2. The van der Waals surface area contributed by atoms with Crippen LogP contribution in [0.3, 0.4) is 0 Å². The molecule has 1 heterocycles. The van der Waals surface area contributed by atoms with Gasteiger partial charge in [-0.05, 0) is 0 Å². The summed E-state index contributed by atoms with van der Waals surface area (Å²) < 4.78 is 0. The van der Waals surface area contributed by atoms with Crippen LogP contribution in [-0.2, 0) is 11.2 Å². The van der Waals surface area contributed by atoms with Gasteiger partial charge in [0, 0.05) is 19.5 Å². The van der Waals surface area contributed by atoms with E-state index in [4.69, 9.17) is 5.11 Å². The van der Waals surface area contributed by atoms with Crippen molar-refractivity contribution in [3.05, 3.63) is 22.2 Å². The highest BCUT2D eigenvalue weighted by atomic mass is 16.4. The fraction of sp³-hybridized carbons (Fsp3) is 0.444. The number of aryl methyl sites for hydroxylation is 1. The first kappa shape index (κ1) is 11.2. The molecule has 1 aromatic rings. The second-order valence-corrected chi connectivity index (χ2v) is 3.15. The minimum atomic E-state index is -0.961. The lowest BCUT2D eigenvalue weighted by atomic mass is 10.4. The number of rotatable bonds is 4. The summed E-state index contributed by atoms with van der Waals surface area (Å²) in [6, 6.07) is 1.28. The van der Waals surface area contributed by atoms with Gasteiger partial charge in [-0.15, -0.1) is 0 Å². The number of carboxylic acid groups (broad SMARTS) is 1. The highest BCUT2D eigenvalue weighted by molar-refractivity contribution is 5.72. The van der Waals surface area contributed by atoms with Crippen molar-refractivity contribution in [1.82, 2.24) is 9.97 Å². The summed E-state index contributed by atoms with van der Waals surface area (Å²) in [4.78, 5) is 29.7. The number of carbonyl (C=O) groups is 1. The summed E-state index contributed by atoms with van der Waals surface area (Å²) in [6.45, 7) is 1.68. The van der Waals surface area contributed by atoms with Gasteiger partial charge in [-0.1, -0.05) is 6.92 Å². The summed E-state index contributed by atoms with van der Waals surface area (Å²) in [5.41, 5.74) is -0.269. The van der Waals surface area contributed by atoms with Crippen molar-refractivity contribution in [2.45, 2.75) is 13.3 Å². The highest BCUT2D eigenvalue weighted by Crippen LogP contribution is 2.04. The minimum Gasteiger partial charge on any atom is -0.480 e. The maximum Gasteiger partial charge on any atom is 0.323 e. The van der Waals surface area contributed by atoms with E-state index in [0.29, 0.717) is 18.1 Å². The first-order valence-electron chi connectivity index (χ1n) is 4.56. The van der Waals surface area contributed by atoms with Crippen molar-refractivity contribution < 1.29 is 9.90 Å². The van der Waals surface area contributed by atoms with Crippen LogP contribution in [0.4, 0.5) is 5.82 Å². The van der Waals surface area contributed by atoms with Gasteiger partial charge in [-0.25, -0.2) is 4.98 Å². The van der Waals surface area contributed by atoms with Crippen LogP contribution < -0.4 is 10.5 Å². The quantitative estimate of drug-likeness (QED) is 0.723. The van der Waals surface area contributed by atoms with Crippen molar-refractivity contribution in [1.29, 1.82) is 0 Å². The summed E-state index contributed by atoms with van der Waals surface area (Å²) in [5.74, 6) is -0.0367. The second kappa shape index (κ2) is 4.59. The summed E-state index contributed by atoms with van der Waals surface area (Å²) in [6.07, 6.45) is 0.601. The molecule has 1 aromatic heterocycles. The number of aromatic nitrogens is 2. The van der Waals surface area contributed by atoms with Gasteiger partial charge in [0.15, 0.2) is 0 Å². The van der Waals surface area contributed by atoms with Gasteiger partial charge in [-0.3, -0.25) is 9.59 Å². The Kier molecular flexibility index (Phi) is 3.43. The molecule has 15 heavy (non-hydrogen) atoms. The van der Waals surface area contributed by atoms with Crippen molar-refractivity contribution >= 4 is 11.8 Å². The number of hydrogen-bond acceptors (Lipinski definition) is 4. The third-order valence-electron chi connectivity index (χ3n) is 1.88. The van der Waals surface area contributed by atoms with Gasteiger partial charge in [0.05, 0.1) is 0 Å². The van der Waals surface area contributed by atoms with Gasteiger partial charge in [0.25, 0.3) is 5.56 Å². The Labute approximate surface area is 86.6 Å². The largest absolute Gasteiger partial charge is 0.480 e. The molecule has 0 aliphatic rings. The molecule has 1 rings (SSSR count). The highest BCUT2D eigenvalue weighted by Gasteiger charge is 2.08. The van der Waals surface area contributed by atoms with E-state index in [0.717, 1.165) is 0 Å². The van der Waals surface area contributed by atoms with E-state index >= 15 is 0 Å². The van der Waals surface area contributed by atoms with E-state index in [1.54, 1.807) is 7.05 Å². The van der Waals surface area contributed by atoms with Crippen LogP contribution in [0.2, 0.25) is 0 Å². The lowest BCUT2D eigenvalue weighted by molar-refractivity contribution is -0.135. The summed E-state index contributed by atoms with van der Waals surface area (Å²) >= 11 is 0. The molecule has 2 N–H and O–H groups in total. The molecule has 0 fully saturated rings. The molecule has 0 aromatic carbocycles. The zero-order valence-electron chi connectivity index (χ0n) is 8.65. The van der Waals surface area contributed by atoms with E-state index < -0.39 is 5.97 Å².